The van der Waals surface area contributed by atoms with Crippen molar-refractivity contribution >= 4 is 54.4 Å². The minimum atomic E-state index is -3.81. The van der Waals surface area contributed by atoms with E-state index in [9.17, 15) is 8.42 Å². The predicted octanol–water partition coefficient (Wildman–Crippen LogP) is 2.61. The average Bonchev–Trinajstić information content (AvgIpc) is 2.93. The quantitative estimate of drug-likeness (QED) is 0.798. The highest BCUT2D eigenvalue weighted by molar-refractivity contribution is 7.93. The third kappa shape index (κ3) is 2.22. The van der Waals surface area contributed by atoms with Crippen molar-refractivity contribution < 1.29 is 8.42 Å². The van der Waals surface area contributed by atoms with Crippen LogP contribution in [0.1, 0.15) is 5.69 Å². The summed E-state index contributed by atoms with van der Waals surface area (Å²) in [5.74, 6) is 0. The number of rotatable bonds is 3. The largest absolute Gasteiger partial charge is 0.282 e. The number of sulfonamides is 1. The number of aromatic nitrogens is 3. The summed E-state index contributed by atoms with van der Waals surface area (Å²) in [7, 11) is -3.81. The van der Waals surface area contributed by atoms with Gasteiger partial charge in [0.2, 0.25) is 0 Å². The van der Waals surface area contributed by atoms with Gasteiger partial charge in [0.25, 0.3) is 10.0 Å². The van der Waals surface area contributed by atoms with Gasteiger partial charge in [0.15, 0.2) is 20.3 Å². The van der Waals surface area contributed by atoms with Crippen molar-refractivity contribution in [3.8, 4) is 0 Å². The molecule has 3 aromatic heterocycles. The molecule has 0 amide bonds. The van der Waals surface area contributed by atoms with Crippen molar-refractivity contribution in [2.24, 2.45) is 0 Å². The van der Waals surface area contributed by atoms with Crippen LogP contribution in [0.4, 0.5) is 5.13 Å². The van der Waals surface area contributed by atoms with Gasteiger partial charge in [-0.1, -0.05) is 11.6 Å². The van der Waals surface area contributed by atoms with Crippen LogP contribution in [0.15, 0.2) is 22.0 Å². The van der Waals surface area contributed by atoms with E-state index < -0.39 is 10.0 Å². The second-order valence-electron chi connectivity index (χ2n) is 3.66. The van der Waals surface area contributed by atoms with Crippen LogP contribution in [0, 0.1) is 6.92 Å². The van der Waals surface area contributed by atoms with Crippen molar-refractivity contribution in [1.29, 1.82) is 0 Å². The first-order chi connectivity index (χ1) is 8.97. The van der Waals surface area contributed by atoms with Gasteiger partial charge in [-0.05, 0) is 6.92 Å². The van der Waals surface area contributed by atoms with E-state index in [2.05, 4.69) is 14.7 Å². The van der Waals surface area contributed by atoms with Crippen LogP contribution in [0.2, 0.25) is 5.15 Å². The second kappa shape index (κ2) is 4.44. The lowest BCUT2D eigenvalue weighted by atomic mass is 10.6. The maximum atomic E-state index is 12.3. The first-order valence-electron chi connectivity index (χ1n) is 5.03. The van der Waals surface area contributed by atoms with E-state index >= 15 is 0 Å². The normalized spacial score (nSPS) is 12.1. The zero-order chi connectivity index (χ0) is 13.6. The Balaban J connectivity index is 2.09. The Kier molecular flexibility index (Phi) is 3.01. The molecule has 0 unspecified atom stereocenters. The fourth-order valence-corrected chi connectivity index (χ4v) is 4.94. The van der Waals surface area contributed by atoms with Crippen molar-refractivity contribution in [2.45, 2.75) is 11.9 Å². The Morgan fingerprint density at radius 1 is 1.37 bits per heavy atom. The van der Waals surface area contributed by atoms with E-state index in [-0.39, 0.29) is 10.2 Å². The molecule has 3 heterocycles. The Bertz CT molecular complexity index is 848. The second-order valence-corrected chi connectivity index (χ2v) is 7.35. The number of nitrogens with one attached hydrogen (secondary N) is 1. The number of hydrogen-bond acceptors (Lipinski definition) is 6. The lowest BCUT2D eigenvalue weighted by molar-refractivity contribution is 0.596. The van der Waals surface area contributed by atoms with Gasteiger partial charge in [0.1, 0.15) is 0 Å². The summed E-state index contributed by atoms with van der Waals surface area (Å²) in [6, 6.07) is 0. The summed E-state index contributed by atoms with van der Waals surface area (Å²) < 4.78 is 28.5. The highest BCUT2D eigenvalue weighted by Crippen LogP contribution is 2.27. The number of nitrogens with zero attached hydrogens (tertiary/aromatic N) is 3. The molecule has 0 atom stereocenters. The Morgan fingerprint density at radius 2 is 2.16 bits per heavy atom. The summed E-state index contributed by atoms with van der Waals surface area (Å²) in [5, 5.41) is 3.69. The van der Waals surface area contributed by atoms with Crippen LogP contribution in [0.25, 0.3) is 4.96 Å². The van der Waals surface area contributed by atoms with Crippen LogP contribution in [-0.4, -0.2) is 22.8 Å². The maximum Gasteiger partial charge on any atom is 0.282 e. The van der Waals surface area contributed by atoms with Gasteiger partial charge in [0, 0.05) is 17.0 Å². The summed E-state index contributed by atoms with van der Waals surface area (Å²) >= 11 is 8.43. The number of anilines is 1. The average molecular weight is 335 g/mol. The fraction of sp³-hybridized carbons (Fsp3) is 0.111. The molecule has 0 aliphatic carbocycles. The van der Waals surface area contributed by atoms with Crippen LogP contribution >= 0.6 is 34.3 Å². The number of fused-ring (bicyclic) bond motifs is 1. The molecule has 0 spiro atoms. The minimum Gasteiger partial charge on any atom is -0.278 e. The molecule has 1 N–H and O–H groups in total. The molecule has 6 nitrogen and oxygen atoms in total. The summed E-state index contributed by atoms with van der Waals surface area (Å²) in [6.45, 7) is 1.79. The Morgan fingerprint density at radius 3 is 2.84 bits per heavy atom. The molecule has 0 aliphatic heterocycles. The van der Waals surface area contributed by atoms with Crippen molar-refractivity contribution in [3.63, 3.8) is 0 Å². The van der Waals surface area contributed by atoms with E-state index in [4.69, 9.17) is 11.6 Å². The molecular formula is C9H7ClN4O2S3. The van der Waals surface area contributed by atoms with Gasteiger partial charge in [-0.25, -0.2) is 9.97 Å². The molecule has 3 rings (SSSR count). The van der Waals surface area contributed by atoms with Crippen LogP contribution in [0.3, 0.4) is 0 Å². The van der Waals surface area contributed by atoms with Crippen molar-refractivity contribution in [1.82, 2.24) is 14.4 Å². The molecule has 19 heavy (non-hydrogen) atoms. The molecule has 0 radical (unpaired) electrons. The van der Waals surface area contributed by atoms with Crippen molar-refractivity contribution in [3.05, 3.63) is 27.8 Å². The molecule has 0 fully saturated rings. The van der Waals surface area contributed by atoms with Crippen LogP contribution < -0.4 is 4.72 Å². The van der Waals surface area contributed by atoms with E-state index in [1.54, 1.807) is 23.9 Å². The third-order valence-corrected chi connectivity index (χ3v) is 5.77. The molecule has 100 valence electrons. The highest BCUT2D eigenvalue weighted by Gasteiger charge is 2.25. The Hall–Kier alpha value is -1.16. The maximum absolute atomic E-state index is 12.3. The van der Waals surface area contributed by atoms with Gasteiger partial charge in [-0.15, -0.1) is 22.7 Å². The number of hydrogen-bond donors (Lipinski definition) is 1. The molecule has 0 aliphatic rings. The van der Waals surface area contributed by atoms with Gasteiger partial charge in [-0.2, -0.15) is 8.42 Å². The number of halogens is 1. The minimum absolute atomic E-state index is 0.0485. The Labute approximate surface area is 121 Å². The fourth-order valence-electron chi connectivity index (χ4n) is 1.54. The molecule has 0 bridgehead atoms. The highest BCUT2D eigenvalue weighted by atomic mass is 35.5. The zero-order valence-electron chi connectivity index (χ0n) is 9.49. The first-order valence-corrected chi connectivity index (χ1v) is 8.65. The molecule has 0 saturated heterocycles. The molecular weight excluding hydrogens is 328 g/mol. The number of aryl methyl sites for hydroxylation is 1. The number of thiazole rings is 2. The zero-order valence-corrected chi connectivity index (χ0v) is 12.7. The molecule has 0 aromatic carbocycles. The smallest absolute Gasteiger partial charge is 0.278 e. The van der Waals surface area contributed by atoms with Gasteiger partial charge in [-0.3, -0.25) is 9.12 Å². The van der Waals surface area contributed by atoms with Crippen LogP contribution in [0.5, 0.6) is 0 Å². The van der Waals surface area contributed by atoms with Gasteiger partial charge < -0.3 is 0 Å². The topological polar surface area (TPSA) is 76.4 Å². The van der Waals surface area contributed by atoms with Crippen molar-refractivity contribution in [2.75, 3.05) is 4.72 Å². The predicted molar refractivity (Wildman–Crippen MR) is 75.7 cm³/mol. The third-order valence-electron chi connectivity index (χ3n) is 2.27. The van der Waals surface area contributed by atoms with E-state index in [0.717, 1.165) is 5.69 Å². The molecule has 10 heteroatoms. The number of imidazole rings is 1. The van der Waals surface area contributed by atoms with Crippen LogP contribution in [-0.2, 0) is 10.0 Å². The van der Waals surface area contributed by atoms with E-state index in [1.165, 1.54) is 27.1 Å². The van der Waals surface area contributed by atoms with E-state index in [0.29, 0.717) is 10.1 Å². The standard InChI is InChI=1S/C9H7ClN4O2S3/c1-5-4-18-8(11-5)13-19(15,16)7-6(10)12-9-14(7)2-3-17-9/h2-4H,1H3,(H,11,13). The summed E-state index contributed by atoms with van der Waals surface area (Å²) in [4.78, 5) is 8.59. The SMILES string of the molecule is Cc1csc(NS(=O)(=O)c2c(Cl)nc3sccn23)n1. The lowest BCUT2D eigenvalue weighted by Crippen LogP contribution is -2.15. The summed E-state index contributed by atoms with van der Waals surface area (Å²) in [6.07, 6.45) is 1.61. The van der Waals surface area contributed by atoms with E-state index in [1.807, 2.05) is 0 Å². The summed E-state index contributed by atoms with van der Waals surface area (Å²) in [5.41, 5.74) is 0.753. The monoisotopic (exact) mass is 334 g/mol. The lowest BCUT2D eigenvalue weighted by Gasteiger charge is -2.03. The van der Waals surface area contributed by atoms with Gasteiger partial charge >= 0.3 is 0 Å². The first kappa shape index (κ1) is 12.9. The molecule has 0 saturated carbocycles. The van der Waals surface area contributed by atoms with Gasteiger partial charge in [0.05, 0.1) is 5.69 Å². The molecule has 3 aromatic rings.